The molecule has 33 heavy (non-hydrogen) atoms. The highest BCUT2D eigenvalue weighted by molar-refractivity contribution is 7.90. The number of halogens is 3. The van der Waals surface area contributed by atoms with E-state index in [1.807, 2.05) is 18.4 Å². The van der Waals surface area contributed by atoms with Crippen molar-refractivity contribution in [3.05, 3.63) is 41.0 Å². The molecule has 3 aromatic rings. The monoisotopic (exact) mass is 483 g/mol. The van der Waals surface area contributed by atoms with Crippen molar-refractivity contribution < 1.29 is 26.7 Å². The summed E-state index contributed by atoms with van der Waals surface area (Å²) in [5.41, 5.74) is 0.319. The molecule has 1 unspecified atom stereocenters. The first-order valence-electron chi connectivity index (χ1n) is 10.3. The van der Waals surface area contributed by atoms with Gasteiger partial charge in [0.2, 0.25) is 5.95 Å². The van der Waals surface area contributed by atoms with Gasteiger partial charge in [0, 0.05) is 25.5 Å². The van der Waals surface area contributed by atoms with Gasteiger partial charge in [-0.1, -0.05) is 13.8 Å². The van der Waals surface area contributed by atoms with Gasteiger partial charge in [0.1, 0.15) is 5.82 Å². The number of aliphatic hydroxyl groups excluding tert-OH is 1. The molecule has 178 valence electrons. The highest BCUT2D eigenvalue weighted by Crippen LogP contribution is 2.38. The fraction of sp³-hybridized carbons (Fsp3) is 0.476. The molecule has 3 heterocycles. The van der Waals surface area contributed by atoms with Crippen LogP contribution in [0.1, 0.15) is 42.5 Å². The van der Waals surface area contributed by atoms with Crippen molar-refractivity contribution in [3.63, 3.8) is 0 Å². The van der Waals surface area contributed by atoms with Crippen LogP contribution in [-0.2, 0) is 29.2 Å². The lowest BCUT2D eigenvalue weighted by atomic mass is 10.00. The summed E-state index contributed by atoms with van der Waals surface area (Å²) < 4.78 is 66.7. The minimum atomic E-state index is -4.60. The number of anilines is 1. The number of nitrogens with zero attached hydrogens (tertiary/aromatic N) is 5. The average Bonchev–Trinajstić information content (AvgIpc) is 3.08. The number of alkyl halides is 3. The maximum atomic E-state index is 13.4. The van der Waals surface area contributed by atoms with Crippen LogP contribution in [-0.4, -0.2) is 45.8 Å². The Morgan fingerprint density at radius 1 is 1.21 bits per heavy atom. The zero-order valence-electron chi connectivity index (χ0n) is 18.5. The molecular formula is C21H24F3N5O3S. The lowest BCUT2D eigenvalue weighted by Gasteiger charge is -2.38. The second-order valence-corrected chi connectivity index (χ2v) is 10.6. The van der Waals surface area contributed by atoms with E-state index in [2.05, 4.69) is 15.0 Å². The van der Waals surface area contributed by atoms with E-state index in [1.54, 1.807) is 11.0 Å². The number of aliphatic hydroxyl groups is 1. The Balaban J connectivity index is 1.88. The summed E-state index contributed by atoms with van der Waals surface area (Å²) in [5, 5.41) is 9.67. The van der Waals surface area contributed by atoms with E-state index in [-0.39, 0.29) is 27.9 Å². The van der Waals surface area contributed by atoms with Gasteiger partial charge in [-0.05, 0) is 36.1 Å². The van der Waals surface area contributed by atoms with Gasteiger partial charge in [0.15, 0.2) is 15.5 Å². The molecule has 8 nitrogen and oxygen atoms in total. The molecule has 1 aliphatic rings. The number of hydrogen-bond donors (Lipinski definition) is 1. The summed E-state index contributed by atoms with van der Waals surface area (Å²) in [6, 6.07) is 2.61. The minimum Gasteiger partial charge on any atom is -0.392 e. The van der Waals surface area contributed by atoms with Gasteiger partial charge in [-0.2, -0.15) is 13.2 Å². The topological polar surface area (TPSA) is 101 Å². The molecule has 0 amide bonds. The van der Waals surface area contributed by atoms with Crippen molar-refractivity contribution >= 4 is 26.8 Å². The van der Waals surface area contributed by atoms with Crippen molar-refractivity contribution in [3.8, 4) is 0 Å². The van der Waals surface area contributed by atoms with Crippen LogP contribution in [0.5, 0.6) is 0 Å². The molecule has 0 spiro atoms. The Kier molecular flexibility index (Phi) is 5.64. The predicted octanol–water partition coefficient (Wildman–Crippen LogP) is 3.27. The van der Waals surface area contributed by atoms with Crippen molar-refractivity contribution in [1.29, 1.82) is 0 Å². The van der Waals surface area contributed by atoms with E-state index < -0.39 is 34.4 Å². The Bertz CT molecular complexity index is 1340. The van der Waals surface area contributed by atoms with E-state index in [0.29, 0.717) is 29.9 Å². The Hall–Kier alpha value is -2.73. The molecule has 0 radical (unpaired) electrons. The largest absolute Gasteiger partial charge is 0.433 e. The van der Waals surface area contributed by atoms with E-state index >= 15 is 0 Å². The highest BCUT2D eigenvalue weighted by Gasteiger charge is 2.38. The lowest BCUT2D eigenvalue weighted by Crippen LogP contribution is -2.42. The van der Waals surface area contributed by atoms with Gasteiger partial charge >= 0.3 is 6.18 Å². The zero-order valence-corrected chi connectivity index (χ0v) is 19.4. The minimum absolute atomic E-state index is 0.0282. The summed E-state index contributed by atoms with van der Waals surface area (Å²) in [7, 11) is -3.59. The summed E-state index contributed by atoms with van der Waals surface area (Å²) in [6.45, 7) is 5.38. The van der Waals surface area contributed by atoms with E-state index in [0.717, 1.165) is 6.26 Å². The van der Waals surface area contributed by atoms with Gasteiger partial charge < -0.3 is 14.6 Å². The first-order valence-corrected chi connectivity index (χ1v) is 12.2. The van der Waals surface area contributed by atoms with Crippen molar-refractivity contribution in [2.75, 3.05) is 17.7 Å². The number of aromatic nitrogens is 4. The molecule has 1 aromatic carbocycles. The molecular weight excluding hydrogens is 459 g/mol. The molecule has 0 aliphatic carbocycles. The van der Waals surface area contributed by atoms with E-state index in [9.17, 15) is 26.7 Å². The summed E-state index contributed by atoms with van der Waals surface area (Å²) in [4.78, 5) is 14.4. The fourth-order valence-corrected chi connectivity index (χ4v) is 5.30. The first kappa shape index (κ1) is 23.4. The van der Waals surface area contributed by atoms with Crippen LogP contribution in [0.4, 0.5) is 19.1 Å². The second kappa shape index (κ2) is 7.94. The van der Waals surface area contributed by atoms with E-state index in [4.69, 9.17) is 0 Å². The van der Waals surface area contributed by atoms with Crippen LogP contribution in [0.2, 0.25) is 0 Å². The highest BCUT2D eigenvalue weighted by atomic mass is 32.2. The van der Waals surface area contributed by atoms with Gasteiger partial charge in [-0.3, -0.25) is 0 Å². The zero-order chi connectivity index (χ0) is 24.3. The SMILES string of the molecule is Cc1cnc(N2CCn3c(nc4cc(CO)c(S(C)(=O)=O)cc43)C2C(C)C)nc1C(F)(F)F. The average molecular weight is 484 g/mol. The predicted molar refractivity (Wildman–Crippen MR) is 115 cm³/mol. The summed E-state index contributed by atoms with van der Waals surface area (Å²) >= 11 is 0. The van der Waals surface area contributed by atoms with Gasteiger partial charge in [0.25, 0.3) is 0 Å². The van der Waals surface area contributed by atoms with Crippen LogP contribution < -0.4 is 4.90 Å². The van der Waals surface area contributed by atoms with Crippen molar-refractivity contribution in [1.82, 2.24) is 19.5 Å². The first-order chi connectivity index (χ1) is 15.3. The van der Waals surface area contributed by atoms with Gasteiger partial charge in [-0.15, -0.1) is 0 Å². The molecule has 4 rings (SSSR count). The number of sulfone groups is 1. The number of imidazole rings is 1. The van der Waals surface area contributed by atoms with Gasteiger partial charge in [0.05, 0.1) is 28.6 Å². The third-order valence-electron chi connectivity index (χ3n) is 5.81. The third kappa shape index (κ3) is 4.05. The Labute approximate surface area is 189 Å². The third-order valence-corrected chi connectivity index (χ3v) is 6.99. The molecule has 0 saturated heterocycles. The Morgan fingerprint density at radius 3 is 2.48 bits per heavy atom. The van der Waals surface area contributed by atoms with Crippen LogP contribution >= 0.6 is 0 Å². The van der Waals surface area contributed by atoms with Crippen LogP contribution in [0.25, 0.3) is 11.0 Å². The molecule has 2 aromatic heterocycles. The number of fused-ring (bicyclic) bond motifs is 3. The molecule has 0 saturated carbocycles. The van der Waals surface area contributed by atoms with Crippen molar-refractivity contribution in [2.45, 2.75) is 51.0 Å². The molecule has 12 heteroatoms. The van der Waals surface area contributed by atoms with Gasteiger partial charge in [-0.25, -0.2) is 23.4 Å². The summed E-state index contributed by atoms with van der Waals surface area (Å²) in [6.07, 6.45) is -2.35. The molecule has 1 atom stereocenters. The number of hydrogen-bond acceptors (Lipinski definition) is 7. The maximum absolute atomic E-state index is 13.4. The number of rotatable bonds is 4. The Morgan fingerprint density at radius 2 is 1.91 bits per heavy atom. The van der Waals surface area contributed by atoms with Crippen LogP contribution in [0, 0.1) is 12.8 Å². The molecule has 0 fully saturated rings. The lowest BCUT2D eigenvalue weighted by molar-refractivity contribution is -0.141. The molecule has 1 N–H and O–H groups in total. The van der Waals surface area contributed by atoms with Crippen LogP contribution in [0.15, 0.2) is 23.2 Å². The molecule has 0 bridgehead atoms. The molecule has 1 aliphatic heterocycles. The van der Waals surface area contributed by atoms with Crippen molar-refractivity contribution in [2.24, 2.45) is 5.92 Å². The normalized spacial score (nSPS) is 17.1. The van der Waals surface area contributed by atoms with E-state index in [1.165, 1.54) is 19.2 Å². The summed E-state index contributed by atoms with van der Waals surface area (Å²) in [5.74, 6) is 0.489. The quantitative estimate of drug-likeness (QED) is 0.608. The standard InChI is InChI=1S/C21H24F3N5O3S/c1-11(2)17-19-26-14-7-13(10-30)16(33(4,31)32)8-15(14)28(19)5-6-29(17)20-25-9-12(3)18(27-20)21(22,23)24/h7-9,11,17,30H,5-6,10H2,1-4H3. The van der Waals surface area contributed by atoms with Crippen LogP contribution in [0.3, 0.4) is 0 Å². The number of benzene rings is 1. The second-order valence-electron chi connectivity index (χ2n) is 8.58. The smallest absolute Gasteiger partial charge is 0.392 e. The fourth-order valence-electron chi connectivity index (χ4n) is 4.37. The number of aryl methyl sites for hydroxylation is 1. The maximum Gasteiger partial charge on any atom is 0.433 e.